The molecule has 0 amide bonds. The van der Waals surface area contributed by atoms with Crippen LogP contribution in [0.2, 0.25) is 5.02 Å². The van der Waals surface area contributed by atoms with Gasteiger partial charge < -0.3 is 0 Å². The van der Waals surface area contributed by atoms with Crippen LogP contribution in [0.1, 0.15) is 29.4 Å². The molecule has 4 aromatic rings. The number of benzene rings is 3. The molecule has 0 aliphatic heterocycles. The highest BCUT2D eigenvalue weighted by Crippen LogP contribution is 2.33. The lowest BCUT2D eigenvalue weighted by molar-refractivity contribution is 0.0979. The standard InChI is InChI=1S/C26H22ClNO4S/c1-3-23(29)25-24(18-7-5-4-6-8-18)22-15-19(27)11-14-21(22)26(30)28(25)16-17-9-12-20(13-10-17)33(2,31)32/h4-15H,3,16H2,1-2H3. The van der Waals surface area contributed by atoms with Crippen molar-refractivity contribution in [3.8, 4) is 11.1 Å². The minimum atomic E-state index is -3.34. The van der Waals surface area contributed by atoms with E-state index in [0.29, 0.717) is 32.6 Å². The fourth-order valence-corrected chi connectivity index (χ4v) is 4.75. The number of nitrogens with zero attached hydrogens (tertiary/aromatic N) is 1. The minimum Gasteiger partial charge on any atom is -0.300 e. The van der Waals surface area contributed by atoms with E-state index >= 15 is 0 Å². The third kappa shape index (κ3) is 4.49. The van der Waals surface area contributed by atoms with Gasteiger partial charge in [0.2, 0.25) is 0 Å². The predicted octanol–water partition coefficient (Wildman–Crippen LogP) is 5.37. The number of carbonyl (C=O) groups excluding carboxylic acids is 1. The maximum Gasteiger partial charge on any atom is 0.259 e. The van der Waals surface area contributed by atoms with E-state index in [1.54, 1.807) is 37.3 Å². The number of rotatable bonds is 6. The van der Waals surface area contributed by atoms with E-state index in [-0.39, 0.29) is 29.2 Å². The SMILES string of the molecule is CCC(=O)c1c(-c2ccccc2)c2cc(Cl)ccc2c(=O)n1Cc1ccc(S(C)(=O)=O)cc1. The summed E-state index contributed by atoms with van der Waals surface area (Å²) in [6, 6.07) is 20.9. The van der Waals surface area contributed by atoms with Crippen LogP contribution in [-0.4, -0.2) is 25.0 Å². The summed E-state index contributed by atoms with van der Waals surface area (Å²) in [6.07, 6.45) is 1.36. The molecular formula is C26H22ClNO4S. The zero-order chi connectivity index (χ0) is 23.8. The number of hydrogen-bond acceptors (Lipinski definition) is 4. The predicted molar refractivity (Wildman–Crippen MR) is 132 cm³/mol. The lowest BCUT2D eigenvalue weighted by Gasteiger charge is -2.19. The van der Waals surface area contributed by atoms with Crippen molar-refractivity contribution in [1.82, 2.24) is 4.57 Å². The summed E-state index contributed by atoms with van der Waals surface area (Å²) in [5.41, 5.74) is 2.19. The maximum atomic E-state index is 13.6. The van der Waals surface area contributed by atoms with Crippen molar-refractivity contribution in [2.75, 3.05) is 6.26 Å². The molecule has 1 aromatic heterocycles. The van der Waals surface area contributed by atoms with Crippen LogP contribution in [0.25, 0.3) is 21.9 Å². The van der Waals surface area contributed by atoms with Gasteiger partial charge in [-0.3, -0.25) is 14.2 Å². The summed E-state index contributed by atoms with van der Waals surface area (Å²) in [7, 11) is -3.34. The number of halogens is 1. The monoisotopic (exact) mass is 479 g/mol. The summed E-state index contributed by atoms with van der Waals surface area (Å²) in [5.74, 6) is -0.166. The number of sulfone groups is 1. The van der Waals surface area contributed by atoms with Crippen molar-refractivity contribution >= 4 is 38.0 Å². The third-order valence-corrected chi connectivity index (χ3v) is 6.94. The second-order valence-electron chi connectivity index (χ2n) is 7.86. The number of hydrogen-bond donors (Lipinski definition) is 0. The third-order valence-electron chi connectivity index (χ3n) is 5.57. The summed E-state index contributed by atoms with van der Waals surface area (Å²) in [4.78, 5) is 27.0. The molecule has 0 bridgehead atoms. The second kappa shape index (κ2) is 8.96. The molecular weight excluding hydrogens is 458 g/mol. The van der Waals surface area contributed by atoms with Crippen LogP contribution in [0.15, 0.2) is 82.5 Å². The molecule has 7 heteroatoms. The Morgan fingerprint density at radius 1 is 0.939 bits per heavy atom. The Bertz CT molecular complexity index is 1520. The van der Waals surface area contributed by atoms with Gasteiger partial charge in [0.05, 0.1) is 17.1 Å². The van der Waals surface area contributed by atoms with Gasteiger partial charge in [-0.15, -0.1) is 0 Å². The van der Waals surface area contributed by atoms with E-state index in [4.69, 9.17) is 11.6 Å². The van der Waals surface area contributed by atoms with E-state index in [1.807, 2.05) is 30.3 Å². The van der Waals surface area contributed by atoms with Crippen molar-refractivity contribution in [2.24, 2.45) is 0 Å². The Labute approximate surface area is 197 Å². The van der Waals surface area contributed by atoms with Crippen LogP contribution in [0, 0.1) is 0 Å². The smallest absolute Gasteiger partial charge is 0.259 e. The summed E-state index contributed by atoms with van der Waals surface area (Å²) in [6.45, 7) is 1.89. The molecule has 0 saturated carbocycles. The van der Waals surface area contributed by atoms with Crippen LogP contribution in [0.3, 0.4) is 0 Å². The number of Topliss-reactive ketones (excluding diaryl/α,β-unsaturated/α-hetero) is 1. The van der Waals surface area contributed by atoms with Gasteiger partial charge in [-0.25, -0.2) is 8.42 Å². The first-order valence-electron chi connectivity index (χ1n) is 10.4. The zero-order valence-corrected chi connectivity index (χ0v) is 19.8. The van der Waals surface area contributed by atoms with E-state index in [1.165, 1.54) is 16.7 Å². The quantitative estimate of drug-likeness (QED) is 0.349. The van der Waals surface area contributed by atoms with Gasteiger partial charge in [-0.2, -0.15) is 0 Å². The van der Waals surface area contributed by atoms with Crippen molar-refractivity contribution in [2.45, 2.75) is 24.8 Å². The van der Waals surface area contributed by atoms with Gasteiger partial charge in [-0.1, -0.05) is 61.0 Å². The molecule has 0 atom stereocenters. The Balaban J connectivity index is 2.03. The Morgan fingerprint density at radius 3 is 2.21 bits per heavy atom. The molecule has 0 radical (unpaired) electrons. The van der Waals surface area contributed by atoms with Gasteiger partial charge >= 0.3 is 0 Å². The van der Waals surface area contributed by atoms with Gasteiger partial charge in [0, 0.05) is 28.6 Å². The number of pyridine rings is 1. The molecule has 33 heavy (non-hydrogen) atoms. The molecule has 0 saturated heterocycles. The fourth-order valence-electron chi connectivity index (χ4n) is 3.95. The largest absolute Gasteiger partial charge is 0.300 e. The molecule has 0 fully saturated rings. The molecule has 0 aliphatic carbocycles. The molecule has 168 valence electrons. The van der Waals surface area contributed by atoms with Crippen LogP contribution in [0.5, 0.6) is 0 Å². The number of fused-ring (bicyclic) bond motifs is 1. The van der Waals surface area contributed by atoms with E-state index in [2.05, 4.69) is 0 Å². The lowest BCUT2D eigenvalue weighted by Crippen LogP contribution is -2.28. The van der Waals surface area contributed by atoms with Gasteiger partial charge in [0.25, 0.3) is 5.56 Å². The van der Waals surface area contributed by atoms with Crippen LogP contribution < -0.4 is 5.56 Å². The molecule has 0 spiro atoms. The number of ketones is 1. The first-order chi connectivity index (χ1) is 15.7. The van der Waals surface area contributed by atoms with Crippen molar-refractivity contribution in [1.29, 1.82) is 0 Å². The Morgan fingerprint density at radius 2 is 1.61 bits per heavy atom. The average molecular weight is 480 g/mol. The lowest BCUT2D eigenvalue weighted by atomic mass is 9.94. The molecule has 0 N–H and O–H groups in total. The van der Waals surface area contributed by atoms with Crippen molar-refractivity contribution in [3.63, 3.8) is 0 Å². The molecule has 4 rings (SSSR count). The minimum absolute atomic E-state index is 0.127. The van der Waals surface area contributed by atoms with E-state index in [0.717, 1.165) is 11.8 Å². The van der Waals surface area contributed by atoms with E-state index < -0.39 is 9.84 Å². The summed E-state index contributed by atoms with van der Waals surface area (Å²) >= 11 is 6.27. The normalized spacial score (nSPS) is 11.6. The van der Waals surface area contributed by atoms with Crippen LogP contribution >= 0.6 is 11.6 Å². The molecule has 5 nitrogen and oxygen atoms in total. The second-order valence-corrected chi connectivity index (χ2v) is 10.3. The van der Waals surface area contributed by atoms with Gasteiger partial charge in [-0.05, 0) is 46.8 Å². The highest BCUT2D eigenvalue weighted by molar-refractivity contribution is 7.90. The van der Waals surface area contributed by atoms with Gasteiger partial charge in [0.15, 0.2) is 15.6 Å². The first kappa shape index (κ1) is 23.0. The fraction of sp³-hybridized carbons (Fsp3) is 0.154. The summed E-state index contributed by atoms with van der Waals surface area (Å²) < 4.78 is 25.1. The van der Waals surface area contributed by atoms with E-state index in [9.17, 15) is 18.0 Å². The average Bonchev–Trinajstić information content (AvgIpc) is 2.80. The molecule has 0 aliphatic rings. The molecule has 1 heterocycles. The van der Waals surface area contributed by atoms with Crippen LogP contribution in [0.4, 0.5) is 0 Å². The number of carbonyl (C=O) groups is 1. The highest BCUT2D eigenvalue weighted by atomic mass is 35.5. The first-order valence-corrected chi connectivity index (χ1v) is 12.7. The zero-order valence-electron chi connectivity index (χ0n) is 18.2. The summed E-state index contributed by atoms with van der Waals surface area (Å²) in [5, 5.41) is 1.56. The van der Waals surface area contributed by atoms with Crippen molar-refractivity contribution in [3.05, 3.63) is 99.4 Å². The highest BCUT2D eigenvalue weighted by Gasteiger charge is 2.23. The Hall–Kier alpha value is -3.22. The van der Waals surface area contributed by atoms with Gasteiger partial charge in [0.1, 0.15) is 0 Å². The number of aromatic nitrogens is 1. The molecule has 0 unspecified atom stereocenters. The molecule has 3 aromatic carbocycles. The van der Waals surface area contributed by atoms with Crippen molar-refractivity contribution < 1.29 is 13.2 Å². The topological polar surface area (TPSA) is 73.2 Å². The maximum absolute atomic E-state index is 13.6. The Kier molecular flexibility index (Phi) is 6.23. The van der Waals surface area contributed by atoms with Crippen LogP contribution in [-0.2, 0) is 16.4 Å².